The van der Waals surface area contributed by atoms with Crippen LogP contribution in [0.25, 0.3) is 0 Å². The first-order valence-corrected chi connectivity index (χ1v) is 12.4. The minimum Gasteiger partial charge on any atom is -0.452 e. The van der Waals surface area contributed by atoms with Crippen LogP contribution in [0.3, 0.4) is 0 Å². The van der Waals surface area contributed by atoms with E-state index < -0.39 is 11.9 Å². The summed E-state index contributed by atoms with van der Waals surface area (Å²) in [6.45, 7) is 3.72. The predicted molar refractivity (Wildman–Crippen MR) is 137 cm³/mol. The van der Waals surface area contributed by atoms with Crippen LogP contribution in [0.5, 0.6) is 0 Å². The van der Waals surface area contributed by atoms with Crippen LogP contribution >= 0.6 is 0 Å². The van der Waals surface area contributed by atoms with Crippen molar-refractivity contribution in [2.24, 2.45) is 0 Å². The van der Waals surface area contributed by atoms with Crippen molar-refractivity contribution in [2.45, 2.75) is 78.1 Å². The summed E-state index contributed by atoms with van der Waals surface area (Å²) in [6, 6.07) is 14.0. The fraction of sp³-hybridized carbons (Fsp3) is 0.464. The standard InChI is InChI=1S/C28H38N2O4/c1-3-4-5-6-7-8-9-10-11-19-26(31)29-24-17-14-16-23(20-24)28(33)34-21-27(32)30-25-18-13-12-15-22(25)2/h12-18,20H,3-11,19,21H2,1-2H3,(H,29,31)(H,30,32). The van der Waals surface area contributed by atoms with Crippen molar-refractivity contribution in [1.29, 1.82) is 0 Å². The highest BCUT2D eigenvalue weighted by molar-refractivity contribution is 5.97. The van der Waals surface area contributed by atoms with E-state index in [1.165, 1.54) is 38.5 Å². The number of anilines is 2. The molecule has 2 amide bonds. The highest BCUT2D eigenvalue weighted by Crippen LogP contribution is 2.15. The summed E-state index contributed by atoms with van der Waals surface area (Å²) < 4.78 is 5.13. The molecule has 6 nitrogen and oxygen atoms in total. The van der Waals surface area contributed by atoms with Gasteiger partial charge in [0.2, 0.25) is 5.91 Å². The Morgan fingerprint density at radius 2 is 1.44 bits per heavy atom. The SMILES string of the molecule is CCCCCCCCCCCC(=O)Nc1cccc(C(=O)OCC(=O)Nc2ccccc2C)c1. The number of rotatable bonds is 15. The maximum atomic E-state index is 12.3. The lowest BCUT2D eigenvalue weighted by Gasteiger charge is -2.10. The lowest BCUT2D eigenvalue weighted by molar-refractivity contribution is -0.119. The molecular weight excluding hydrogens is 428 g/mol. The van der Waals surface area contributed by atoms with Crippen LogP contribution in [0.1, 0.15) is 87.1 Å². The number of aryl methyl sites for hydroxylation is 1. The summed E-state index contributed by atoms with van der Waals surface area (Å²) in [5, 5.41) is 5.56. The highest BCUT2D eigenvalue weighted by Gasteiger charge is 2.12. The first-order chi connectivity index (χ1) is 16.5. The molecule has 6 heteroatoms. The van der Waals surface area contributed by atoms with Gasteiger partial charge in [0.05, 0.1) is 5.56 Å². The van der Waals surface area contributed by atoms with E-state index in [4.69, 9.17) is 4.74 Å². The molecule has 0 unspecified atom stereocenters. The van der Waals surface area contributed by atoms with Gasteiger partial charge in [0.1, 0.15) is 0 Å². The molecule has 0 saturated heterocycles. The third-order valence-corrected chi connectivity index (χ3v) is 5.64. The molecule has 0 saturated carbocycles. The Hall–Kier alpha value is -3.15. The molecule has 34 heavy (non-hydrogen) atoms. The minimum absolute atomic E-state index is 0.0638. The van der Waals surface area contributed by atoms with E-state index in [-0.39, 0.29) is 18.1 Å². The van der Waals surface area contributed by atoms with E-state index in [1.54, 1.807) is 30.3 Å². The lowest BCUT2D eigenvalue weighted by atomic mass is 10.1. The second kappa shape index (κ2) is 15.6. The zero-order valence-corrected chi connectivity index (χ0v) is 20.5. The van der Waals surface area contributed by atoms with Crippen LogP contribution in [-0.4, -0.2) is 24.4 Å². The molecule has 2 aromatic rings. The third-order valence-electron chi connectivity index (χ3n) is 5.64. The van der Waals surface area contributed by atoms with Crippen molar-refractivity contribution in [2.75, 3.05) is 17.2 Å². The normalized spacial score (nSPS) is 10.5. The maximum Gasteiger partial charge on any atom is 0.338 e. The number of para-hydroxylation sites is 1. The number of hydrogen-bond donors (Lipinski definition) is 2. The number of ether oxygens (including phenoxy) is 1. The van der Waals surface area contributed by atoms with Crippen LogP contribution in [-0.2, 0) is 14.3 Å². The van der Waals surface area contributed by atoms with Gasteiger partial charge in [-0.05, 0) is 43.2 Å². The van der Waals surface area contributed by atoms with Crippen LogP contribution in [0, 0.1) is 6.92 Å². The van der Waals surface area contributed by atoms with Crippen molar-refractivity contribution in [1.82, 2.24) is 0 Å². The van der Waals surface area contributed by atoms with Crippen molar-refractivity contribution < 1.29 is 19.1 Å². The molecule has 184 valence electrons. The largest absolute Gasteiger partial charge is 0.452 e. The van der Waals surface area contributed by atoms with Gasteiger partial charge in [-0.25, -0.2) is 4.79 Å². The zero-order valence-electron chi connectivity index (χ0n) is 20.5. The molecule has 0 aliphatic rings. The summed E-state index contributed by atoms with van der Waals surface area (Å²) in [4.78, 5) is 36.7. The van der Waals surface area contributed by atoms with Gasteiger partial charge in [0.25, 0.3) is 5.91 Å². The number of carbonyl (C=O) groups is 3. The first-order valence-electron chi connectivity index (χ1n) is 12.4. The highest BCUT2D eigenvalue weighted by atomic mass is 16.5. The number of esters is 1. The summed E-state index contributed by atoms with van der Waals surface area (Å²) in [7, 11) is 0. The second-order valence-corrected chi connectivity index (χ2v) is 8.65. The fourth-order valence-electron chi connectivity index (χ4n) is 3.66. The maximum absolute atomic E-state index is 12.3. The van der Waals surface area contributed by atoms with E-state index in [0.717, 1.165) is 24.8 Å². The van der Waals surface area contributed by atoms with Crippen LogP contribution in [0.4, 0.5) is 11.4 Å². The van der Waals surface area contributed by atoms with Gasteiger partial charge in [0.15, 0.2) is 6.61 Å². The van der Waals surface area contributed by atoms with Crippen LogP contribution in [0.2, 0.25) is 0 Å². The average molecular weight is 467 g/mol. The van der Waals surface area contributed by atoms with E-state index in [2.05, 4.69) is 17.6 Å². The molecule has 2 rings (SSSR count). The molecule has 2 N–H and O–H groups in total. The molecule has 0 heterocycles. The minimum atomic E-state index is -0.616. The molecule has 0 aliphatic heterocycles. The Morgan fingerprint density at radius 1 is 0.765 bits per heavy atom. The number of carbonyl (C=O) groups excluding carboxylic acids is 3. The van der Waals surface area contributed by atoms with Gasteiger partial charge in [-0.1, -0.05) is 82.6 Å². The average Bonchev–Trinajstić information content (AvgIpc) is 2.83. The van der Waals surface area contributed by atoms with Crippen LogP contribution in [0.15, 0.2) is 48.5 Å². The Bertz CT molecular complexity index is 926. The van der Waals surface area contributed by atoms with E-state index >= 15 is 0 Å². The number of amides is 2. The summed E-state index contributed by atoms with van der Waals surface area (Å²) in [6.07, 6.45) is 11.3. The number of benzene rings is 2. The summed E-state index contributed by atoms with van der Waals surface area (Å²) in [5.74, 6) is -1.09. The number of hydrogen-bond acceptors (Lipinski definition) is 4. The smallest absolute Gasteiger partial charge is 0.338 e. The van der Waals surface area contributed by atoms with E-state index in [0.29, 0.717) is 17.8 Å². The van der Waals surface area contributed by atoms with E-state index in [9.17, 15) is 14.4 Å². The van der Waals surface area contributed by atoms with Crippen molar-refractivity contribution >= 4 is 29.2 Å². The van der Waals surface area contributed by atoms with Crippen LogP contribution < -0.4 is 10.6 Å². The molecule has 0 atom stereocenters. The lowest BCUT2D eigenvalue weighted by Crippen LogP contribution is -2.21. The Morgan fingerprint density at radius 3 is 2.15 bits per heavy atom. The van der Waals surface area contributed by atoms with Gasteiger partial charge >= 0.3 is 5.97 Å². The van der Waals surface area contributed by atoms with Crippen molar-refractivity contribution in [3.8, 4) is 0 Å². The predicted octanol–water partition coefficient (Wildman–Crippen LogP) is 6.65. The molecule has 0 fully saturated rings. The fourth-order valence-corrected chi connectivity index (χ4v) is 3.66. The van der Waals surface area contributed by atoms with Gasteiger partial charge in [-0.3, -0.25) is 9.59 Å². The van der Waals surface area contributed by atoms with Gasteiger partial charge in [0, 0.05) is 17.8 Å². The van der Waals surface area contributed by atoms with Crippen molar-refractivity contribution in [3.63, 3.8) is 0 Å². The number of nitrogens with one attached hydrogen (secondary N) is 2. The van der Waals surface area contributed by atoms with Gasteiger partial charge in [-0.2, -0.15) is 0 Å². The number of unbranched alkanes of at least 4 members (excludes halogenated alkanes) is 8. The quantitative estimate of drug-likeness (QED) is 0.227. The molecule has 2 aromatic carbocycles. The van der Waals surface area contributed by atoms with E-state index in [1.807, 2.05) is 25.1 Å². The second-order valence-electron chi connectivity index (χ2n) is 8.65. The third kappa shape index (κ3) is 10.6. The topological polar surface area (TPSA) is 84.5 Å². The summed E-state index contributed by atoms with van der Waals surface area (Å²) in [5.41, 5.74) is 2.43. The molecule has 0 aliphatic carbocycles. The molecule has 0 aromatic heterocycles. The molecule has 0 spiro atoms. The summed E-state index contributed by atoms with van der Waals surface area (Å²) >= 11 is 0. The Kier molecular flexibility index (Phi) is 12.5. The molecule has 0 radical (unpaired) electrons. The van der Waals surface area contributed by atoms with Crippen molar-refractivity contribution in [3.05, 3.63) is 59.7 Å². The molecular formula is C28H38N2O4. The van der Waals surface area contributed by atoms with Gasteiger partial charge in [-0.15, -0.1) is 0 Å². The molecule has 0 bridgehead atoms. The first kappa shape index (κ1) is 27.1. The van der Waals surface area contributed by atoms with Gasteiger partial charge < -0.3 is 15.4 Å². The Labute approximate surface area is 203 Å². The monoisotopic (exact) mass is 466 g/mol. The zero-order chi connectivity index (χ0) is 24.6. The Balaban J connectivity index is 1.68.